The molecule has 2 heteroatoms. The number of allylic oxidation sites excluding steroid dienone is 1. The highest BCUT2D eigenvalue weighted by Crippen LogP contribution is 2.07. The van der Waals surface area contributed by atoms with Crippen LogP contribution in [0.15, 0.2) is 42.5 Å². The molecular weight excluding hydrogens is 164 g/mol. The smallest absolute Gasteiger partial charge is 0.119 e. The Bertz CT molecular complexity index is 229. The molecule has 0 amide bonds. The van der Waals surface area contributed by atoms with Crippen LogP contribution in [0.2, 0.25) is 0 Å². The number of ether oxygens (including phenoxy) is 1. The van der Waals surface area contributed by atoms with Gasteiger partial charge in [0.1, 0.15) is 12.4 Å². The van der Waals surface area contributed by atoms with Gasteiger partial charge in [-0.25, -0.2) is 0 Å². The van der Waals surface area contributed by atoms with Crippen molar-refractivity contribution in [3.63, 3.8) is 0 Å². The Morgan fingerprint density at radius 1 is 1.15 bits per heavy atom. The summed E-state index contributed by atoms with van der Waals surface area (Å²) in [6, 6.07) is 9.84. The maximum atomic E-state index is 5.42. The van der Waals surface area contributed by atoms with E-state index in [1.807, 2.05) is 36.4 Å². The molecule has 13 heavy (non-hydrogen) atoms. The summed E-state index contributed by atoms with van der Waals surface area (Å²) in [5.41, 5.74) is 0. The average molecular weight is 180 g/mol. The Morgan fingerprint density at radius 2 is 1.85 bits per heavy atom. The van der Waals surface area contributed by atoms with E-state index >= 15 is 0 Å². The molecule has 72 valence electrons. The highest BCUT2D eigenvalue weighted by atomic mass is 16.5. The van der Waals surface area contributed by atoms with E-state index in [0.29, 0.717) is 6.61 Å². The minimum Gasteiger partial charge on any atom is -0.490 e. The number of hydrogen-bond acceptors (Lipinski definition) is 1. The van der Waals surface area contributed by atoms with Gasteiger partial charge < -0.3 is 10.2 Å². The first kappa shape index (κ1) is 11.7. The molecule has 1 aromatic rings. The lowest BCUT2D eigenvalue weighted by atomic mass is 10.3. The molecule has 0 saturated heterocycles. The van der Waals surface area contributed by atoms with Crippen molar-refractivity contribution in [3.8, 4) is 5.75 Å². The molecule has 1 aromatic carbocycles. The molecule has 0 atom stereocenters. The second-order valence-electron chi connectivity index (χ2n) is 2.50. The predicted octanol–water partition coefficient (Wildman–Crippen LogP) is 2.21. The van der Waals surface area contributed by atoms with Crippen LogP contribution < -0.4 is 4.74 Å². The zero-order valence-electron chi connectivity index (χ0n) is 7.86. The highest BCUT2D eigenvalue weighted by Gasteiger charge is 1.85. The van der Waals surface area contributed by atoms with Crippen molar-refractivity contribution in [1.29, 1.82) is 0 Å². The molecule has 0 aliphatic rings. The van der Waals surface area contributed by atoms with E-state index in [9.17, 15) is 0 Å². The van der Waals surface area contributed by atoms with Gasteiger partial charge in [-0.1, -0.05) is 37.3 Å². The van der Waals surface area contributed by atoms with Crippen LogP contribution in [-0.4, -0.2) is 12.1 Å². The van der Waals surface area contributed by atoms with E-state index in [4.69, 9.17) is 4.74 Å². The van der Waals surface area contributed by atoms with Crippen LogP contribution in [-0.2, 0) is 0 Å². The summed E-state index contributed by atoms with van der Waals surface area (Å²) in [5.74, 6) is 0.929. The zero-order chi connectivity index (χ0) is 8.65. The van der Waals surface area contributed by atoms with Gasteiger partial charge in [0, 0.05) is 0 Å². The summed E-state index contributed by atoms with van der Waals surface area (Å²) in [5, 5.41) is 0. The summed E-state index contributed by atoms with van der Waals surface area (Å²) >= 11 is 0. The second kappa shape index (κ2) is 7.37. The molecule has 0 radical (unpaired) electrons. The molecule has 0 fully saturated rings. The normalized spacial score (nSPS) is 9.62. The van der Waals surface area contributed by atoms with Gasteiger partial charge in [-0.05, 0) is 18.6 Å². The van der Waals surface area contributed by atoms with Gasteiger partial charge in [0.05, 0.1) is 0 Å². The fourth-order valence-corrected chi connectivity index (χ4v) is 0.896. The molecule has 1 rings (SSSR count). The van der Waals surface area contributed by atoms with E-state index < -0.39 is 0 Å². The summed E-state index contributed by atoms with van der Waals surface area (Å²) in [4.78, 5) is 0. The first-order valence-corrected chi connectivity index (χ1v) is 4.26. The van der Waals surface area contributed by atoms with E-state index in [1.54, 1.807) is 0 Å². The maximum absolute atomic E-state index is 5.42. The number of para-hydroxylation sites is 1. The third-order valence-corrected chi connectivity index (χ3v) is 1.49. The second-order valence-corrected chi connectivity index (χ2v) is 2.50. The summed E-state index contributed by atoms with van der Waals surface area (Å²) in [6.07, 6.45) is 5.20. The Morgan fingerprint density at radius 3 is 2.46 bits per heavy atom. The maximum Gasteiger partial charge on any atom is 0.119 e. The van der Waals surface area contributed by atoms with Crippen molar-refractivity contribution in [3.05, 3.63) is 42.5 Å². The van der Waals surface area contributed by atoms with Crippen LogP contribution in [0.25, 0.3) is 0 Å². The highest BCUT2D eigenvalue weighted by molar-refractivity contribution is 5.21. The molecule has 0 unspecified atom stereocenters. The molecule has 0 saturated carbocycles. The fraction of sp³-hybridized carbons (Fsp3) is 0.273. The van der Waals surface area contributed by atoms with Gasteiger partial charge in [0.25, 0.3) is 0 Å². The summed E-state index contributed by atoms with van der Waals surface area (Å²) in [7, 11) is 0. The Kier molecular flexibility index (Phi) is 6.65. The lowest BCUT2D eigenvalue weighted by Gasteiger charge is -2.00. The predicted molar refractivity (Wildman–Crippen MR) is 55.0 cm³/mol. The molecule has 0 bridgehead atoms. The van der Waals surface area contributed by atoms with E-state index in [-0.39, 0.29) is 5.48 Å². The largest absolute Gasteiger partial charge is 0.490 e. The van der Waals surface area contributed by atoms with Gasteiger partial charge in [0.15, 0.2) is 0 Å². The van der Waals surface area contributed by atoms with Gasteiger partial charge >= 0.3 is 0 Å². The van der Waals surface area contributed by atoms with E-state index in [2.05, 4.69) is 13.0 Å². The quantitative estimate of drug-likeness (QED) is 0.655. The van der Waals surface area contributed by atoms with Crippen molar-refractivity contribution in [1.82, 2.24) is 0 Å². The van der Waals surface area contributed by atoms with Gasteiger partial charge in [-0.15, -0.1) is 0 Å². The van der Waals surface area contributed by atoms with Crippen LogP contribution in [0.3, 0.4) is 0 Å². The minimum absolute atomic E-state index is 0. The van der Waals surface area contributed by atoms with Crippen molar-refractivity contribution in [2.45, 2.75) is 13.3 Å². The molecule has 0 aliphatic heterocycles. The zero-order valence-corrected chi connectivity index (χ0v) is 7.86. The molecular formula is C11H16O2. The first-order valence-electron chi connectivity index (χ1n) is 4.26. The number of rotatable bonds is 4. The molecule has 0 heterocycles. The van der Waals surface area contributed by atoms with Crippen molar-refractivity contribution < 1.29 is 10.2 Å². The lowest BCUT2D eigenvalue weighted by Crippen LogP contribution is -1.92. The average Bonchev–Trinajstić information content (AvgIpc) is 2.14. The number of hydrogen-bond donors (Lipinski definition) is 0. The monoisotopic (exact) mass is 180 g/mol. The fourth-order valence-electron chi connectivity index (χ4n) is 0.896. The Labute approximate surface area is 79.2 Å². The van der Waals surface area contributed by atoms with Crippen molar-refractivity contribution in [2.24, 2.45) is 0 Å². The van der Waals surface area contributed by atoms with Gasteiger partial charge in [-0.3, -0.25) is 0 Å². The number of benzene rings is 1. The van der Waals surface area contributed by atoms with E-state index in [1.165, 1.54) is 0 Å². The van der Waals surface area contributed by atoms with Crippen LogP contribution in [0.1, 0.15) is 13.3 Å². The standard InChI is InChI=1S/C11H14O.H2O/c1-2-3-7-10-12-11-8-5-4-6-9-11;/h3-9H,2,10H2,1H3;1H2. The van der Waals surface area contributed by atoms with E-state index in [0.717, 1.165) is 12.2 Å². The van der Waals surface area contributed by atoms with Crippen LogP contribution in [0.4, 0.5) is 0 Å². The molecule has 2 N–H and O–H groups in total. The molecule has 0 aromatic heterocycles. The summed E-state index contributed by atoms with van der Waals surface area (Å²) in [6.45, 7) is 2.77. The van der Waals surface area contributed by atoms with Gasteiger partial charge in [0.2, 0.25) is 0 Å². The van der Waals surface area contributed by atoms with Crippen LogP contribution in [0, 0.1) is 0 Å². The topological polar surface area (TPSA) is 40.7 Å². The third kappa shape index (κ3) is 5.04. The van der Waals surface area contributed by atoms with Crippen LogP contribution in [0.5, 0.6) is 5.75 Å². The SMILES string of the molecule is CCC=CCOc1ccccc1.O. The van der Waals surface area contributed by atoms with Gasteiger partial charge in [-0.2, -0.15) is 0 Å². The first-order chi connectivity index (χ1) is 5.93. The van der Waals surface area contributed by atoms with Crippen molar-refractivity contribution in [2.75, 3.05) is 6.61 Å². The Balaban J connectivity index is 0.00000144. The third-order valence-electron chi connectivity index (χ3n) is 1.49. The minimum atomic E-state index is 0. The molecule has 2 nitrogen and oxygen atoms in total. The van der Waals surface area contributed by atoms with Crippen LogP contribution >= 0.6 is 0 Å². The summed E-state index contributed by atoms with van der Waals surface area (Å²) < 4.78 is 5.42. The lowest BCUT2D eigenvalue weighted by molar-refractivity contribution is 0.362. The molecule has 0 spiro atoms. The molecule has 0 aliphatic carbocycles. The van der Waals surface area contributed by atoms with Crippen molar-refractivity contribution >= 4 is 0 Å². The Hall–Kier alpha value is -1.28.